The molecule has 0 aliphatic rings. The quantitative estimate of drug-likeness (QED) is 0.819. The molecule has 0 aliphatic heterocycles. The van der Waals surface area contributed by atoms with Gasteiger partial charge in [0.15, 0.2) is 6.10 Å². The summed E-state index contributed by atoms with van der Waals surface area (Å²) in [6, 6.07) is 10.5. The topological polar surface area (TPSA) is 45.0 Å². The summed E-state index contributed by atoms with van der Waals surface area (Å²) in [4.78, 5) is 0. The predicted octanol–water partition coefficient (Wildman–Crippen LogP) is 2.52. The number of hydrogen-bond acceptors (Lipinski definition) is 3. The van der Waals surface area contributed by atoms with E-state index in [0.717, 1.165) is 18.7 Å². The molecule has 17 heavy (non-hydrogen) atoms. The van der Waals surface area contributed by atoms with Crippen LogP contribution in [0.25, 0.3) is 0 Å². The SMILES string of the molecule is CCNC(C)Cc1ccc(OC(C)C#N)cc1. The van der Waals surface area contributed by atoms with E-state index < -0.39 is 6.10 Å². The maximum atomic E-state index is 8.65. The molecule has 0 saturated carbocycles. The predicted molar refractivity (Wildman–Crippen MR) is 69.0 cm³/mol. The van der Waals surface area contributed by atoms with Gasteiger partial charge in [0.05, 0.1) is 0 Å². The first-order chi connectivity index (χ1) is 8.15. The molecule has 92 valence electrons. The Morgan fingerprint density at radius 3 is 2.47 bits per heavy atom. The second-order valence-electron chi connectivity index (χ2n) is 4.20. The molecule has 2 atom stereocenters. The minimum atomic E-state index is -0.401. The molecule has 0 amide bonds. The van der Waals surface area contributed by atoms with Crippen LogP contribution in [0, 0.1) is 11.3 Å². The van der Waals surface area contributed by atoms with Crippen molar-refractivity contribution in [1.29, 1.82) is 5.26 Å². The summed E-state index contributed by atoms with van der Waals surface area (Å²) in [5.41, 5.74) is 1.27. The molecule has 1 aromatic rings. The molecule has 1 aromatic carbocycles. The lowest BCUT2D eigenvalue weighted by Crippen LogP contribution is -2.27. The van der Waals surface area contributed by atoms with Crippen LogP contribution in [0.5, 0.6) is 5.75 Å². The lowest BCUT2D eigenvalue weighted by Gasteiger charge is -2.13. The molecule has 1 rings (SSSR count). The van der Waals surface area contributed by atoms with Gasteiger partial charge in [-0.05, 0) is 44.5 Å². The van der Waals surface area contributed by atoms with Gasteiger partial charge in [0.1, 0.15) is 11.8 Å². The molecule has 0 radical (unpaired) electrons. The third-order valence-electron chi connectivity index (χ3n) is 2.51. The molecule has 0 spiro atoms. The summed E-state index contributed by atoms with van der Waals surface area (Å²) in [6.45, 7) is 7.01. The minimum Gasteiger partial charge on any atom is -0.476 e. The molecule has 1 N–H and O–H groups in total. The Balaban J connectivity index is 2.53. The van der Waals surface area contributed by atoms with E-state index in [9.17, 15) is 0 Å². The Morgan fingerprint density at radius 2 is 1.94 bits per heavy atom. The number of benzene rings is 1. The van der Waals surface area contributed by atoms with Crippen molar-refractivity contribution in [1.82, 2.24) is 5.32 Å². The van der Waals surface area contributed by atoms with Crippen molar-refractivity contribution in [3.8, 4) is 11.8 Å². The fraction of sp³-hybridized carbons (Fsp3) is 0.500. The first-order valence-electron chi connectivity index (χ1n) is 6.04. The van der Waals surface area contributed by atoms with Crippen LogP contribution in [-0.2, 0) is 6.42 Å². The van der Waals surface area contributed by atoms with Crippen LogP contribution in [0.3, 0.4) is 0 Å². The summed E-state index contributed by atoms with van der Waals surface area (Å²) < 4.78 is 5.39. The maximum absolute atomic E-state index is 8.65. The van der Waals surface area contributed by atoms with Gasteiger partial charge in [-0.15, -0.1) is 0 Å². The van der Waals surface area contributed by atoms with E-state index in [1.54, 1.807) is 6.92 Å². The Labute approximate surface area is 103 Å². The number of nitrogens with zero attached hydrogens (tertiary/aromatic N) is 1. The van der Waals surface area contributed by atoms with Crippen molar-refractivity contribution in [2.24, 2.45) is 0 Å². The number of nitriles is 1. The van der Waals surface area contributed by atoms with E-state index in [2.05, 4.69) is 19.2 Å². The van der Waals surface area contributed by atoms with Gasteiger partial charge in [-0.1, -0.05) is 19.1 Å². The zero-order valence-electron chi connectivity index (χ0n) is 10.7. The van der Waals surface area contributed by atoms with Crippen molar-refractivity contribution in [2.45, 2.75) is 39.3 Å². The summed E-state index contributed by atoms with van der Waals surface area (Å²) in [6.07, 6.45) is 0.601. The fourth-order valence-electron chi connectivity index (χ4n) is 1.71. The molecule has 0 saturated heterocycles. The third kappa shape index (κ3) is 4.88. The molecular formula is C14H20N2O. The highest BCUT2D eigenvalue weighted by atomic mass is 16.5. The normalized spacial score (nSPS) is 13.8. The summed E-state index contributed by atoms with van der Waals surface area (Å²) in [5, 5.41) is 12.0. The molecular weight excluding hydrogens is 212 g/mol. The highest BCUT2D eigenvalue weighted by molar-refractivity contribution is 5.28. The summed E-state index contributed by atoms with van der Waals surface area (Å²) >= 11 is 0. The van der Waals surface area contributed by atoms with Gasteiger partial charge in [-0.2, -0.15) is 5.26 Å². The Hall–Kier alpha value is -1.53. The van der Waals surface area contributed by atoms with Gasteiger partial charge in [0, 0.05) is 6.04 Å². The molecule has 0 heterocycles. The zero-order valence-corrected chi connectivity index (χ0v) is 10.7. The van der Waals surface area contributed by atoms with Crippen LogP contribution in [0.2, 0.25) is 0 Å². The molecule has 0 bridgehead atoms. The van der Waals surface area contributed by atoms with Crippen LogP contribution in [0.1, 0.15) is 26.3 Å². The molecule has 2 unspecified atom stereocenters. The van der Waals surface area contributed by atoms with Gasteiger partial charge in [0.25, 0.3) is 0 Å². The van der Waals surface area contributed by atoms with E-state index in [1.165, 1.54) is 5.56 Å². The standard InChI is InChI=1S/C14H20N2O/c1-4-16-11(2)9-13-5-7-14(8-6-13)17-12(3)10-15/h5-8,11-12,16H,4,9H2,1-3H3. The van der Waals surface area contributed by atoms with E-state index in [4.69, 9.17) is 10.00 Å². The number of likely N-dealkylation sites (N-methyl/N-ethyl adjacent to an activating group) is 1. The lowest BCUT2D eigenvalue weighted by atomic mass is 10.1. The van der Waals surface area contributed by atoms with E-state index >= 15 is 0 Å². The van der Waals surface area contributed by atoms with E-state index in [-0.39, 0.29) is 0 Å². The maximum Gasteiger partial charge on any atom is 0.181 e. The van der Waals surface area contributed by atoms with Crippen molar-refractivity contribution in [3.05, 3.63) is 29.8 Å². The van der Waals surface area contributed by atoms with Gasteiger partial charge in [-0.25, -0.2) is 0 Å². The number of ether oxygens (including phenoxy) is 1. The Bertz CT molecular complexity index is 367. The monoisotopic (exact) mass is 232 g/mol. The summed E-state index contributed by atoms with van der Waals surface area (Å²) in [5.74, 6) is 0.749. The minimum absolute atomic E-state index is 0.401. The highest BCUT2D eigenvalue weighted by Gasteiger charge is 2.04. The zero-order chi connectivity index (χ0) is 12.7. The van der Waals surface area contributed by atoms with Crippen LogP contribution >= 0.6 is 0 Å². The molecule has 0 fully saturated rings. The first kappa shape index (κ1) is 13.5. The van der Waals surface area contributed by atoms with Crippen LogP contribution in [0.4, 0.5) is 0 Å². The molecule has 3 nitrogen and oxygen atoms in total. The number of rotatable bonds is 6. The largest absolute Gasteiger partial charge is 0.476 e. The second kappa shape index (κ2) is 6.93. The van der Waals surface area contributed by atoms with Crippen LogP contribution in [0.15, 0.2) is 24.3 Å². The first-order valence-corrected chi connectivity index (χ1v) is 6.04. The van der Waals surface area contributed by atoms with Gasteiger partial charge < -0.3 is 10.1 Å². The number of nitrogens with one attached hydrogen (secondary N) is 1. The van der Waals surface area contributed by atoms with Crippen molar-refractivity contribution in [3.63, 3.8) is 0 Å². The number of hydrogen-bond donors (Lipinski definition) is 1. The van der Waals surface area contributed by atoms with E-state index in [0.29, 0.717) is 6.04 Å². The average Bonchev–Trinajstić information content (AvgIpc) is 2.32. The van der Waals surface area contributed by atoms with Crippen molar-refractivity contribution < 1.29 is 4.74 Å². The fourth-order valence-corrected chi connectivity index (χ4v) is 1.71. The van der Waals surface area contributed by atoms with Gasteiger partial charge in [0.2, 0.25) is 0 Å². The third-order valence-corrected chi connectivity index (χ3v) is 2.51. The van der Waals surface area contributed by atoms with Crippen molar-refractivity contribution in [2.75, 3.05) is 6.54 Å². The lowest BCUT2D eigenvalue weighted by molar-refractivity contribution is 0.276. The smallest absolute Gasteiger partial charge is 0.181 e. The average molecular weight is 232 g/mol. The second-order valence-corrected chi connectivity index (χ2v) is 4.20. The Kier molecular flexibility index (Phi) is 5.51. The van der Waals surface area contributed by atoms with Crippen molar-refractivity contribution >= 4 is 0 Å². The van der Waals surface area contributed by atoms with Crippen LogP contribution < -0.4 is 10.1 Å². The van der Waals surface area contributed by atoms with Gasteiger partial charge >= 0.3 is 0 Å². The highest BCUT2D eigenvalue weighted by Crippen LogP contribution is 2.14. The molecule has 0 aromatic heterocycles. The van der Waals surface area contributed by atoms with E-state index in [1.807, 2.05) is 30.3 Å². The van der Waals surface area contributed by atoms with Gasteiger partial charge in [-0.3, -0.25) is 0 Å². The summed E-state index contributed by atoms with van der Waals surface area (Å²) in [7, 11) is 0. The molecule has 0 aliphatic carbocycles. The molecule has 3 heteroatoms. The Morgan fingerprint density at radius 1 is 1.29 bits per heavy atom. The van der Waals surface area contributed by atoms with Crippen LogP contribution in [-0.4, -0.2) is 18.7 Å².